The molecule has 4 heterocycles. The number of amides is 1. The molecule has 9 heteroatoms. The van der Waals surface area contributed by atoms with Gasteiger partial charge in [0.2, 0.25) is 5.95 Å². The van der Waals surface area contributed by atoms with E-state index in [1.54, 1.807) is 35.5 Å². The highest BCUT2D eigenvalue weighted by Crippen LogP contribution is 2.40. The maximum absolute atomic E-state index is 13.0. The molecule has 0 atom stereocenters. The normalized spacial score (nSPS) is 22.7. The number of hydrogen-bond acceptors (Lipinski definition) is 7. The van der Waals surface area contributed by atoms with Gasteiger partial charge >= 0.3 is 6.09 Å². The molecule has 1 aliphatic carbocycles. The number of aromatic nitrogens is 4. The van der Waals surface area contributed by atoms with Crippen molar-refractivity contribution in [1.82, 2.24) is 20.2 Å². The van der Waals surface area contributed by atoms with Gasteiger partial charge < -0.3 is 10.1 Å². The Morgan fingerprint density at radius 3 is 2.53 bits per heavy atom. The van der Waals surface area contributed by atoms with Crippen molar-refractivity contribution in [3.8, 4) is 11.1 Å². The summed E-state index contributed by atoms with van der Waals surface area (Å²) in [6.45, 7) is 1.33. The third kappa shape index (κ3) is 4.23. The molecule has 8 nitrogen and oxygen atoms in total. The summed E-state index contributed by atoms with van der Waals surface area (Å²) in [5.41, 5.74) is 1.27. The number of hydrogen-bond donors (Lipinski definition) is 1. The number of halogens is 1. The molecule has 0 unspecified atom stereocenters. The fourth-order valence-electron chi connectivity index (χ4n) is 4.37. The molecule has 1 amide bonds. The average molecular weight is 434 g/mol. The predicted molar refractivity (Wildman–Crippen MR) is 116 cm³/mol. The third-order valence-corrected chi connectivity index (χ3v) is 6.22. The molecule has 1 saturated carbocycles. The highest BCUT2D eigenvalue weighted by molar-refractivity contribution is 5.89. The Morgan fingerprint density at radius 1 is 1.09 bits per heavy atom. The Labute approximate surface area is 184 Å². The molecule has 0 aromatic carbocycles. The van der Waals surface area contributed by atoms with Crippen LogP contribution in [-0.4, -0.2) is 44.9 Å². The molecule has 1 aliphatic heterocycles. The first-order valence-corrected chi connectivity index (χ1v) is 10.7. The van der Waals surface area contributed by atoms with Crippen LogP contribution in [0.25, 0.3) is 11.1 Å². The Morgan fingerprint density at radius 2 is 1.88 bits per heavy atom. The van der Waals surface area contributed by atoms with Crippen molar-refractivity contribution in [2.45, 2.75) is 31.3 Å². The minimum absolute atomic E-state index is 0.345. The van der Waals surface area contributed by atoms with E-state index in [0.717, 1.165) is 49.2 Å². The van der Waals surface area contributed by atoms with Crippen LogP contribution in [0.2, 0.25) is 0 Å². The fourth-order valence-corrected chi connectivity index (χ4v) is 4.37. The average Bonchev–Trinajstić information content (AvgIpc) is 3.16. The molecule has 1 spiro atoms. The number of ether oxygens (including phenoxy) is 1. The van der Waals surface area contributed by atoms with Crippen LogP contribution in [0.15, 0.2) is 55.0 Å². The summed E-state index contributed by atoms with van der Waals surface area (Å²) in [7, 11) is 0. The van der Waals surface area contributed by atoms with E-state index in [0.29, 0.717) is 18.3 Å². The summed E-state index contributed by atoms with van der Waals surface area (Å²) in [6.07, 6.45) is 8.08. The molecule has 0 bridgehead atoms. The van der Waals surface area contributed by atoms with Crippen molar-refractivity contribution >= 4 is 17.7 Å². The quantitative estimate of drug-likeness (QED) is 0.605. The van der Waals surface area contributed by atoms with Crippen LogP contribution in [-0.2, 0) is 4.74 Å². The Kier molecular flexibility index (Phi) is 5.38. The van der Waals surface area contributed by atoms with Crippen molar-refractivity contribution in [1.29, 1.82) is 0 Å². The van der Waals surface area contributed by atoms with Gasteiger partial charge in [-0.1, -0.05) is 0 Å². The lowest BCUT2D eigenvalue weighted by Gasteiger charge is -2.35. The van der Waals surface area contributed by atoms with Crippen LogP contribution in [0.5, 0.6) is 0 Å². The molecular formula is C23H23FN6O2. The van der Waals surface area contributed by atoms with Gasteiger partial charge in [0, 0.05) is 36.3 Å². The Balaban J connectivity index is 1.13. The minimum Gasteiger partial charge on any atom is -0.441 e. The molecule has 2 fully saturated rings. The van der Waals surface area contributed by atoms with Crippen LogP contribution in [0.1, 0.15) is 25.7 Å². The topological polar surface area (TPSA) is 93.1 Å². The lowest BCUT2D eigenvalue weighted by atomic mass is 9.78. The summed E-state index contributed by atoms with van der Waals surface area (Å²) in [6, 6.07) is 10.4. The number of rotatable bonds is 5. The van der Waals surface area contributed by atoms with E-state index in [1.807, 2.05) is 12.1 Å². The van der Waals surface area contributed by atoms with E-state index >= 15 is 0 Å². The van der Waals surface area contributed by atoms with Crippen LogP contribution >= 0.6 is 0 Å². The van der Waals surface area contributed by atoms with Crippen molar-refractivity contribution in [3.05, 3.63) is 60.9 Å². The summed E-state index contributed by atoms with van der Waals surface area (Å²) in [5, 5.41) is 11.3. The zero-order chi connectivity index (χ0) is 22.0. The highest BCUT2D eigenvalue weighted by Gasteiger charge is 2.48. The van der Waals surface area contributed by atoms with Gasteiger partial charge in [-0.3, -0.25) is 4.90 Å². The maximum atomic E-state index is 13.0. The number of nitrogens with zero attached hydrogens (tertiary/aromatic N) is 5. The lowest BCUT2D eigenvalue weighted by Crippen LogP contribution is -2.39. The number of carbonyl (C=O) groups is 1. The maximum Gasteiger partial charge on any atom is 0.416 e. The summed E-state index contributed by atoms with van der Waals surface area (Å²) in [5.74, 6) is 1.31. The lowest BCUT2D eigenvalue weighted by molar-refractivity contribution is 0.0148. The zero-order valence-corrected chi connectivity index (χ0v) is 17.4. The second kappa shape index (κ2) is 8.49. The van der Waals surface area contributed by atoms with Crippen LogP contribution < -0.4 is 10.2 Å². The SMILES string of the molecule is O=C1O[C@]2(CC[C@H](CNc3ccc(-c4ccc(F)nc4)cn3)CC2)CN1c1cccnn1. The molecule has 3 aromatic heterocycles. The molecule has 3 aromatic rings. The molecule has 1 N–H and O–H groups in total. The van der Waals surface area contributed by atoms with E-state index in [1.165, 1.54) is 12.3 Å². The Hall–Kier alpha value is -3.62. The van der Waals surface area contributed by atoms with Gasteiger partial charge in [-0.25, -0.2) is 14.8 Å². The number of pyridine rings is 2. The van der Waals surface area contributed by atoms with Gasteiger partial charge in [0.1, 0.15) is 11.4 Å². The van der Waals surface area contributed by atoms with E-state index in [-0.39, 0.29) is 6.09 Å². The third-order valence-electron chi connectivity index (χ3n) is 6.22. The van der Waals surface area contributed by atoms with Gasteiger partial charge in [-0.15, -0.1) is 5.10 Å². The van der Waals surface area contributed by atoms with Crippen LogP contribution in [0.3, 0.4) is 0 Å². The molecule has 2 aliphatic rings. The standard InChI is InChI=1S/C23H23FN6O2/c24-19-5-3-17(13-25-19)18-4-6-20(27-14-18)26-12-16-7-9-23(10-8-16)15-30(22(31)32-23)21-2-1-11-28-29-21/h1-6,11,13-14,16H,7-10,12,15H2,(H,26,27)/t16-,23-. The van der Waals surface area contributed by atoms with Gasteiger partial charge in [0.05, 0.1) is 6.54 Å². The summed E-state index contributed by atoms with van der Waals surface area (Å²) >= 11 is 0. The number of anilines is 2. The van der Waals surface area contributed by atoms with Gasteiger partial charge in [-0.2, -0.15) is 9.49 Å². The van der Waals surface area contributed by atoms with Gasteiger partial charge in [0.15, 0.2) is 5.82 Å². The van der Waals surface area contributed by atoms with E-state index < -0.39 is 11.5 Å². The first kappa shape index (κ1) is 20.3. The van der Waals surface area contributed by atoms with Crippen LogP contribution in [0, 0.1) is 11.9 Å². The van der Waals surface area contributed by atoms with Crippen molar-refractivity contribution in [2.24, 2.45) is 5.92 Å². The van der Waals surface area contributed by atoms with E-state index in [9.17, 15) is 9.18 Å². The van der Waals surface area contributed by atoms with E-state index in [2.05, 4.69) is 25.5 Å². The minimum atomic E-state index is -0.497. The fraction of sp³-hybridized carbons (Fsp3) is 0.348. The summed E-state index contributed by atoms with van der Waals surface area (Å²) < 4.78 is 18.8. The number of nitrogens with one attached hydrogen (secondary N) is 1. The highest BCUT2D eigenvalue weighted by atomic mass is 19.1. The van der Waals surface area contributed by atoms with Crippen molar-refractivity contribution in [3.63, 3.8) is 0 Å². The molecule has 1 saturated heterocycles. The van der Waals surface area contributed by atoms with Crippen LogP contribution in [0.4, 0.5) is 20.8 Å². The number of carbonyl (C=O) groups excluding carboxylic acids is 1. The molecule has 5 rings (SSSR count). The zero-order valence-electron chi connectivity index (χ0n) is 17.4. The van der Waals surface area contributed by atoms with E-state index in [4.69, 9.17) is 4.74 Å². The largest absolute Gasteiger partial charge is 0.441 e. The Bertz CT molecular complexity index is 1070. The van der Waals surface area contributed by atoms with Gasteiger partial charge in [0.25, 0.3) is 0 Å². The van der Waals surface area contributed by atoms with Gasteiger partial charge in [-0.05, 0) is 68.0 Å². The smallest absolute Gasteiger partial charge is 0.416 e. The summed E-state index contributed by atoms with van der Waals surface area (Å²) in [4.78, 5) is 22.1. The van der Waals surface area contributed by atoms with Crippen molar-refractivity contribution < 1.29 is 13.9 Å². The van der Waals surface area contributed by atoms with Crippen molar-refractivity contribution in [2.75, 3.05) is 23.3 Å². The second-order valence-corrected chi connectivity index (χ2v) is 8.34. The first-order chi connectivity index (χ1) is 15.6. The molecule has 0 radical (unpaired) electrons. The monoisotopic (exact) mass is 434 g/mol. The predicted octanol–water partition coefficient (Wildman–Crippen LogP) is 4.07. The first-order valence-electron chi connectivity index (χ1n) is 10.7. The second-order valence-electron chi connectivity index (χ2n) is 8.34. The molecule has 164 valence electrons. The molecule has 32 heavy (non-hydrogen) atoms. The molecular weight excluding hydrogens is 411 g/mol.